The molecular weight excluding hydrogens is 398 g/mol. The summed E-state index contributed by atoms with van der Waals surface area (Å²) in [5, 5.41) is 5.89. The van der Waals surface area contributed by atoms with Crippen LogP contribution in [0.1, 0.15) is 16.7 Å². The lowest BCUT2D eigenvalue weighted by Gasteiger charge is -2.16. The molecule has 0 unspecified atom stereocenters. The summed E-state index contributed by atoms with van der Waals surface area (Å²) in [6, 6.07) is 14.0. The number of benzene rings is 2. The van der Waals surface area contributed by atoms with Crippen molar-refractivity contribution in [3.05, 3.63) is 70.9 Å². The van der Waals surface area contributed by atoms with Gasteiger partial charge in [0.05, 0.1) is 6.54 Å². The summed E-state index contributed by atoms with van der Waals surface area (Å²) >= 11 is 4.85. The maximum atomic E-state index is 12.2. The number of nitrogens with zero attached hydrogens (tertiary/aromatic N) is 1. The van der Waals surface area contributed by atoms with E-state index in [1.54, 1.807) is 6.08 Å². The smallest absolute Gasteiger partial charge is 0.263 e. The lowest BCUT2D eigenvalue weighted by molar-refractivity contribution is -0.123. The summed E-state index contributed by atoms with van der Waals surface area (Å²) < 4.78 is 8.03. The molecule has 0 saturated carbocycles. The average molecular weight is 420 g/mol. The first-order valence-electron chi connectivity index (χ1n) is 9.58. The molecule has 2 aromatic carbocycles. The van der Waals surface area contributed by atoms with Gasteiger partial charge in [0.25, 0.3) is 11.8 Å². The van der Waals surface area contributed by atoms with E-state index in [1.807, 2.05) is 49.5 Å². The molecule has 1 aliphatic heterocycles. The molecule has 0 atom stereocenters. The van der Waals surface area contributed by atoms with Crippen LogP contribution in [0.25, 0.3) is 17.0 Å². The molecule has 0 radical (unpaired) electrons. The van der Waals surface area contributed by atoms with Crippen LogP contribution in [0.15, 0.2) is 54.2 Å². The van der Waals surface area contributed by atoms with Crippen molar-refractivity contribution in [1.82, 2.24) is 15.2 Å². The van der Waals surface area contributed by atoms with Gasteiger partial charge in [-0.05, 0) is 49.8 Å². The maximum absolute atomic E-state index is 12.2. The third-order valence-electron chi connectivity index (χ3n) is 4.98. The van der Waals surface area contributed by atoms with Crippen molar-refractivity contribution >= 4 is 46.1 Å². The molecule has 1 aromatic heterocycles. The maximum Gasteiger partial charge on any atom is 0.263 e. The van der Waals surface area contributed by atoms with Gasteiger partial charge in [-0.2, -0.15) is 0 Å². The predicted octanol–water partition coefficient (Wildman–Crippen LogP) is 3.25. The molecule has 0 bridgehead atoms. The molecule has 1 aliphatic rings. The minimum absolute atomic E-state index is 0.0214. The summed E-state index contributed by atoms with van der Waals surface area (Å²) in [7, 11) is 0. The molecule has 3 aromatic rings. The SMILES string of the molecule is Cc1ccc(OCCn2cc(C=C3C(=O)NC(=S)NC3=O)c3ccccc32)c(C)c1. The van der Waals surface area contributed by atoms with Crippen LogP contribution in [-0.2, 0) is 16.1 Å². The Morgan fingerprint density at radius 3 is 2.53 bits per heavy atom. The van der Waals surface area contributed by atoms with E-state index in [4.69, 9.17) is 17.0 Å². The van der Waals surface area contributed by atoms with Gasteiger partial charge in [0, 0.05) is 22.7 Å². The number of hydrogen-bond donors (Lipinski definition) is 2. The highest BCUT2D eigenvalue weighted by atomic mass is 32.1. The van der Waals surface area contributed by atoms with Gasteiger partial charge >= 0.3 is 0 Å². The van der Waals surface area contributed by atoms with Gasteiger partial charge in [-0.3, -0.25) is 20.2 Å². The standard InChI is InChI=1S/C23H21N3O3S/c1-14-7-8-20(15(2)11-14)29-10-9-26-13-16(17-5-3-4-6-19(17)26)12-18-21(27)24-23(30)25-22(18)28/h3-8,11-13H,9-10H2,1-2H3,(H2,24,25,27,28,30). The van der Waals surface area contributed by atoms with E-state index in [0.717, 1.165) is 27.8 Å². The van der Waals surface area contributed by atoms with Crippen molar-refractivity contribution < 1.29 is 14.3 Å². The fraction of sp³-hybridized carbons (Fsp3) is 0.174. The zero-order chi connectivity index (χ0) is 21.3. The molecule has 2 amide bonds. The van der Waals surface area contributed by atoms with E-state index in [1.165, 1.54) is 5.56 Å². The van der Waals surface area contributed by atoms with Crippen LogP contribution in [0.4, 0.5) is 0 Å². The summed E-state index contributed by atoms with van der Waals surface area (Å²) in [6.45, 7) is 5.20. The Balaban J connectivity index is 1.59. The molecule has 0 spiro atoms. The van der Waals surface area contributed by atoms with Crippen molar-refractivity contribution in [3.63, 3.8) is 0 Å². The van der Waals surface area contributed by atoms with E-state index in [-0.39, 0.29) is 10.7 Å². The molecule has 2 heterocycles. The fourth-order valence-corrected chi connectivity index (χ4v) is 3.74. The Labute approximate surface area is 179 Å². The summed E-state index contributed by atoms with van der Waals surface area (Å²) in [6.07, 6.45) is 3.52. The zero-order valence-electron chi connectivity index (χ0n) is 16.7. The number of thiocarbonyl (C=S) groups is 1. The number of aromatic nitrogens is 1. The number of hydrogen-bond acceptors (Lipinski definition) is 4. The van der Waals surface area contributed by atoms with Gasteiger partial charge in [0.1, 0.15) is 17.9 Å². The highest BCUT2D eigenvalue weighted by Crippen LogP contribution is 2.25. The highest BCUT2D eigenvalue weighted by molar-refractivity contribution is 7.80. The largest absolute Gasteiger partial charge is 0.491 e. The van der Waals surface area contributed by atoms with Gasteiger partial charge in [-0.15, -0.1) is 0 Å². The molecule has 1 saturated heterocycles. The summed E-state index contributed by atoms with van der Waals surface area (Å²) in [5.41, 5.74) is 4.11. The summed E-state index contributed by atoms with van der Waals surface area (Å²) in [5.74, 6) is -0.136. The van der Waals surface area contributed by atoms with E-state index in [2.05, 4.69) is 28.2 Å². The third kappa shape index (κ3) is 3.97. The number of para-hydroxylation sites is 1. The highest BCUT2D eigenvalue weighted by Gasteiger charge is 2.26. The van der Waals surface area contributed by atoms with Gasteiger partial charge in [-0.25, -0.2) is 0 Å². The molecule has 152 valence electrons. The van der Waals surface area contributed by atoms with Gasteiger partial charge in [0.15, 0.2) is 5.11 Å². The first-order valence-corrected chi connectivity index (χ1v) is 9.99. The average Bonchev–Trinajstić information content (AvgIpc) is 3.04. The Kier molecular flexibility index (Phi) is 5.37. The Bertz CT molecular complexity index is 1190. The second-order valence-electron chi connectivity index (χ2n) is 7.21. The quantitative estimate of drug-likeness (QED) is 0.378. The van der Waals surface area contributed by atoms with Crippen LogP contribution >= 0.6 is 12.2 Å². The van der Waals surface area contributed by atoms with E-state index in [9.17, 15) is 9.59 Å². The van der Waals surface area contributed by atoms with Crippen LogP contribution in [0.2, 0.25) is 0 Å². The lowest BCUT2D eigenvalue weighted by atomic mass is 10.1. The molecule has 6 nitrogen and oxygen atoms in total. The summed E-state index contributed by atoms with van der Waals surface area (Å²) in [4.78, 5) is 24.4. The second-order valence-corrected chi connectivity index (χ2v) is 7.62. The number of fused-ring (bicyclic) bond motifs is 1. The van der Waals surface area contributed by atoms with Crippen molar-refractivity contribution in [3.8, 4) is 5.75 Å². The Morgan fingerprint density at radius 1 is 1.07 bits per heavy atom. The van der Waals surface area contributed by atoms with Crippen LogP contribution in [0, 0.1) is 13.8 Å². The van der Waals surface area contributed by atoms with Crippen molar-refractivity contribution in [2.45, 2.75) is 20.4 Å². The second kappa shape index (κ2) is 8.12. The van der Waals surface area contributed by atoms with Gasteiger partial charge < -0.3 is 9.30 Å². The monoisotopic (exact) mass is 419 g/mol. The molecule has 2 N–H and O–H groups in total. The van der Waals surface area contributed by atoms with Crippen LogP contribution < -0.4 is 15.4 Å². The topological polar surface area (TPSA) is 72.4 Å². The number of amides is 2. The Hall–Kier alpha value is -3.45. The molecule has 4 rings (SSSR count). The lowest BCUT2D eigenvalue weighted by Crippen LogP contribution is -2.51. The molecular formula is C23H21N3O3S. The van der Waals surface area contributed by atoms with Crippen molar-refractivity contribution in [2.24, 2.45) is 0 Å². The van der Waals surface area contributed by atoms with Crippen molar-refractivity contribution in [1.29, 1.82) is 0 Å². The minimum Gasteiger partial charge on any atom is -0.491 e. The number of rotatable bonds is 5. The molecule has 1 fully saturated rings. The number of nitrogens with one attached hydrogen (secondary N) is 2. The predicted molar refractivity (Wildman–Crippen MR) is 120 cm³/mol. The van der Waals surface area contributed by atoms with Crippen molar-refractivity contribution in [2.75, 3.05) is 6.61 Å². The van der Waals surface area contributed by atoms with E-state index in [0.29, 0.717) is 13.2 Å². The van der Waals surface area contributed by atoms with Crippen LogP contribution in [0.5, 0.6) is 5.75 Å². The molecule has 7 heteroatoms. The number of carbonyl (C=O) groups excluding carboxylic acids is 2. The van der Waals surface area contributed by atoms with Crippen LogP contribution in [0.3, 0.4) is 0 Å². The van der Waals surface area contributed by atoms with Gasteiger partial charge in [-0.1, -0.05) is 35.9 Å². The molecule has 0 aliphatic carbocycles. The normalized spacial score (nSPS) is 13.9. The molecule has 30 heavy (non-hydrogen) atoms. The fourth-order valence-electron chi connectivity index (χ4n) is 3.55. The number of ether oxygens (including phenoxy) is 1. The van der Waals surface area contributed by atoms with E-state index >= 15 is 0 Å². The van der Waals surface area contributed by atoms with E-state index < -0.39 is 11.8 Å². The first-order chi connectivity index (χ1) is 14.4. The number of carbonyl (C=O) groups is 2. The minimum atomic E-state index is -0.501. The Morgan fingerprint density at radius 2 is 1.80 bits per heavy atom. The van der Waals surface area contributed by atoms with Gasteiger partial charge in [0.2, 0.25) is 0 Å². The zero-order valence-corrected chi connectivity index (χ0v) is 17.5. The first kappa shape index (κ1) is 19.8. The van der Waals surface area contributed by atoms with Crippen LogP contribution in [-0.4, -0.2) is 28.1 Å². The number of aryl methyl sites for hydroxylation is 2. The third-order valence-corrected chi connectivity index (χ3v) is 5.19.